The summed E-state index contributed by atoms with van der Waals surface area (Å²) in [6, 6.07) is 29.6. The summed E-state index contributed by atoms with van der Waals surface area (Å²) in [7, 11) is 0. The summed E-state index contributed by atoms with van der Waals surface area (Å²) in [4.78, 5) is 58.2. The standard InChI is InChI=1S/C51H55N3O5/c1-3-33-26-44-45(50(58)48(49(44)57)43-17-9-31(2)52-51(43)59)27-37(33)13-20-46(56)35-21-23-53(24-22-35)28-32-29-54(30-32)39-14-10-36(11-15-39)47-41(34-7-5-4-6-8-34)18-12-38-25-40(55)16-19-42(38)47/h4-8,10-11,14-16,19,25-27,32,35,41,43,47-48,55H,2-3,9,12-13,17-18,20-24,28-30H2,1H3,(H,52,59). The van der Waals surface area contributed by atoms with Gasteiger partial charge in [-0.25, -0.2) is 0 Å². The number of allylic oxidation sites excluding steroid dienone is 1. The lowest BCUT2D eigenvalue weighted by atomic mass is 9.69. The largest absolute Gasteiger partial charge is 0.508 e. The van der Waals surface area contributed by atoms with Crippen LogP contribution in [-0.4, -0.2) is 66.0 Å². The third-order valence-electron chi connectivity index (χ3n) is 14.2. The number of ketones is 3. The van der Waals surface area contributed by atoms with E-state index in [0.29, 0.717) is 66.5 Å². The van der Waals surface area contributed by atoms with Gasteiger partial charge in [0.15, 0.2) is 11.6 Å². The Labute approximate surface area is 347 Å². The van der Waals surface area contributed by atoms with Crippen molar-refractivity contribution in [2.45, 2.75) is 76.5 Å². The topological polar surface area (TPSA) is 107 Å². The smallest absolute Gasteiger partial charge is 0.228 e. The van der Waals surface area contributed by atoms with Crippen molar-refractivity contribution in [2.75, 3.05) is 37.6 Å². The molecule has 0 radical (unpaired) electrons. The maximum atomic E-state index is 13.6. The van der Waals surface area contributed by atoms with Crippen molar-refractivity contribution < 1.29 is 24.3 Å². The number of fused-ring (bicyclic) bond motifs is 2. The lowest BCUT2D eigenvalue weighted by Gasteiger charge is -2.44. The average molecular weight is 790 g/mol. The highest BCUT2D eigenvalue weighted by molar-refractivity contribution is 6.28. The van der Waals surface area contributed by atoms with E-state index in [1.54, 1.807) is 0 Å². The molecular weight excluding hydrogens is 735 g/mol. The number of phenolic OH excluding ortho intramolecular Hbond substituents is 1. The molecule has 9 rings (SSSR count). The predicted octanol–water partition coefficient (Wildman–Crippen LogP) is 8.20. The highest BCUT2D eigenvalue weighted by Crippen LogP contribution is 2.47. The molecule has 2 aliphatic carbocycles. The fourth-order valence-electron chi connectivity index (χ4n) is 10.9. The zero-order chi connectivity index (χ0) is 40.8. The molecule has 4 aromatic rings. The van der Waals surface area contributed by atoms with Crippen LogP contribution in [-0.2, 0) is 28.9 Å². The van der Waals surface area contributed by atoms with Gasteiger partial charge in [0.2, 0.25) is 5.91 Å². The van der Waals surface area contributed by atoms with Gasteiger partial charge in [-0.1, -0.05) is 62.0 Å². The van der Waals surface area contributed by atoms with E-state index in [2.05, 4.69) is 82.4 Å². The van der Waals surface area contributed by atoms with Gasteiger partial charge >= 0.3 is 0 Å². The van der Waals surface area contributed by atoms with Crippen LogP contribution in [0.1, 0.15) is 111 Å². The molecule has 4 aromatic carbocycles. The van der Waals surface area contributed by atoms with Gasteiger partial charge in [-0.05, 0) is 140 Å². The molecule has 3 saturated heterocycles. The van der Waals surface area contributed by atoms with Crippen molar-refractivity contribution in [3.05, 3.63) is 142 Å². The molecule has 59 heavy (non-hydrogen) atoms. The second-order valence-corrected chi connectivity index (χ2v) is 17.8. The number of aryl methyl sites for hydroxylation is 3. The van der Waals surface area contributed by atoms with Crippen LogP contribution in [0.3, 0.4) is 0 Å². The van der Waals surface area contributed by atoms with Crippen molar-refractivity contribution in [2.24, 2.45) is 23.7 Å². The minimum Gasteiger partial charge on any atom is -0.508 e. The van der Waals surface area contributed by atoms with Crippen molar-refractivity contribution in [1.29, 1.82) is 0 Å². The molecule has 0 aromatic heterocycles. The van der Waals surface area contributed by atoms with Crippen molar-refractivity contribution in [3.63, 3.8) is 0 Å². The number of benzene rings is 4. The Morgan fingerprint density at radius 2 is 1.47 bits per heavy atom. The molecule has 8 nitrogen and oxygen atoms in total. The van der Waals surface area contributed by atoms with E-state index >= 15 is 0 Å². The summed E-state index contributed by atoms with van der Waals surface area (Å²) in [6.07, 6.45) is 6.45. The van der Waals surface area contributed by atoms with E-state index in [1.807, 2.05) is 31.2 Å². The molecule has 3 aliphatic heterocycles. The van der Waals surface area contributed by atoms with Crippen molar-refractivity contribution in [3.8, 4) is 5.75 Å². The summed E-state index contributed by atoms with van der Waals surface area (Å²) >= 11 is 0. The lowest BCUT2D eigenvalue weighted by Crippen LogP contribution is -2.52. The summed E-state index contributed by atoms with van der Waals surface area (Å²) < 4.78 is 0. The number of anilines is 1. The Balaban J connectivity index is 0.759. The number of carbonyl (C=O) groups excluding carboxylic acids is 4. The fourth-order valence-corrected chi connectivity index (χ4v) is 10.9. The first-order valence-corrected chi connectivity index (χ1v) is 21.8. The number of nitrogens with one attached hydrogen (secondary N) is 1. The zero-order valence-electron chi connectivity index (χ0n) is 34.1. The van der Waals surface area contributed by atoms with Crippen LogP contribution in [0.4, 0.5) is 5.69 Å². The van der Waals surface area contributed by atoms with Crippen molar-refractivity contribution >= 4 is 28.9 Å². The van der Waals surface area contributed by atoms with Gasteiger partial charge in [-0.2, -0.15) is 0 Å². The van der Waals surface area contributed by atoms with E-state index in [4.69, 9.17) is 0 Å². The van der Waals surface area contributed by atoms with Crippen LogP contribution in [0.2, 0.25) is 0 Å². The lowest BCUT2D eigenvalue weighted by molar-refractivity contribution is -0.126. The first kappa shape index (κ1) is 39.1. The van der Waals surface area contributed by atoms with E-state index in [1.165, 1.54) is 27.9 Å². The molecule has 3 heterocycles. The number of aromatic hydroxyl groups is 1. The molecule has 304 valence electrons. The minimum atomic E-state index is -0.975. The maximum absolute atomic E-state index is 13.6. The number of carbonyl (C=O) groups is 4. The maximum Gasteiger partial charge on any atom is 0.228 e. The molecule has 4 unspecified atom stereocenters. The Kier molecular flexibility index (Phi) is 10.9. The van der Waals surface area contributed by atoms with Crippen LogP contribution in [0.5, 0.6) is 5.75 Å². The first-order chi connectivity index (χ1) is 28.6. The van der Waals surface area contributed by atoms with Gasteiger partial charge in [0.25, 0.3) is 0 Å². The van der Waals surface area contributed by atoms with Crippen LogP contribution in [0.25, 0.3) is 0 Å². The summed E-state index contributed by atoms with van der Waals surface area (Å²) in [5.74, 6) is -0.555. The van der Waals surface area contributed by atoms with E-state index < -0.39 is 11.8 Å². The van der Waals surface area contributed by atoms with E-state index in [-0.39, 0.29) is 35.1 Å². The second kappa shape index (κ2) is 16.4. The number of piperidine rings is 2. The number of hydrogen-bond acceptors (Lipinski definition) is 7. The molecule has 0 spiro atoms. The molecule has 1 amide bonds. The summed E-state index contributed by atoms with van der Waals surface area (Å²) in [6.45, 7) is 10.9. The molecule has 3 fully saturated rings. The highest BCUT2D eigenvalue weighted by atomic mass is 16.3. The molecule has 2 N–H and O–H groups in total. The van der Waals surface area contributed by atoms with E-state index in [9.17, 15) is 24.3 Å². The predicted molar refractivity (Wildman–Crippen MR) is 230 cm³/mol. The SMILES string of the molecule is C=C1CCC(C2C(=O)c3cc(CC)c(CCC(=O)C4CCN(CC5CN(c6ccc(C7c8ccc(O)cc8CCC7c7ccccc7)cc6)C5)CC4)cc3C2=O)C(=O)N1. The number of Topliss-reactive ketones (excluding diaryl/α,β-unsaturated/α-hetero) is 3. The second-order valence-electron chi connectivity index (χ2n) is 17.8. The summed E-state index contributed by atoms with van der Waals surface area (Å²) in [5, 5.41) is 12.9. The van der Waals surface area contributed by atoms with Crippen LogP contribution in [0, 0.1) is 23.7 Å². The van der Waals surface area contributed by atoms with Gasteiger partial charge in [0.1, 0.15) is 11.5 Å². The molecule has 8 heteroatoms. The Hall–Kier alpha value is -5.34. The van der Waals surface area contributed by atoms with Crippen LogP contribution >= 0.6 is 0 Å². The van der Waals surface area contributed by atoms with Gasteiger partial charge in [-0.15, -0.1) is 0 Å². The molecule has 0 bridgehead atoms. The monoisotopic (exact) mass is 789 g/mol. The van der Waals surface area contributed by atoms with Crippen LogP contribution < -0.4 is 10.2 Å². The highest BCUT2D eigenvalue weighted by Gasteiger charge is 2.47. The van der Waals surface area contributed by atoms with Crippen molar-refractivity contribution in [1.82, 2.24) is 10.2 Å². The van der Waals surface area contributed by atoms with Gasteiger partial charge in [0.05, 0.1) is 11.8 Å². The van der Waals surface area contributed by atoms with Gasteiger partial charge in [-0.3, -0.25) is 19.2 Å². The number of nitrogens with zero attached hydrogens (tertiary/aromatic N) is 2. The van der Waals surface area contributed by atoms with Gasteiger partial charge in [0, 0.05) is 66.3 Å². The number of rotatable bonds is 11. The third-order valence-corrected chi connectivity index (χ3v) is 14.2. The minimum absolute atomic E-state index is 0.0534. The average Bonchev–Trinajstić information content (AvgIpc) is 3.48. The quantitative estimate of drug-likeness (QED) is 0.148. The Morgan fingerprint density at radius 1 is 0.780 bits per heavy atom. The number of hydrogen-bond donors (Lipinski definition) is 2. The Bertz CT molecular complexity index is 2290. The number of likely N-dealkylation sites (tertiary alicyclic amines) is 1. The normalized spacial score (nSPS) is 23.8. The molecule has 0 saturated carbocycles. The first-order valence-electron chi connectivity index (χ1n) is 21.8. The molecule has 4 atom stereocenters. The number of phenols is 1. The Morgan fingerprint density at radius 3 is 2.17 bits per heavy atom. The summed E-state index contributed by atoms with van der Waals surface area (Å²) in [5.41, 5.74) is 9.93. The fraction of sp³-hybridized carbons (Fsp3) is 0.412. The van der Waals surface area contributed by atoms with Gasteiger partial charge < -0.3 is 20.2 Å². The molecular formula is C51H55N3O5. The third kappa shape index (κ3) is 7.68. The van der Waals surface area contributed by atoms with E-state index in [0.717, 1.165) is 69.5 Å². The molecule has 5 aliphatic rings. The van der Waals surface area contributed by atoms with Crippen LogP contribution in [0.15, 0.2) is 97.2 Å². The zero-order valence-corrected chi connectivity index (χ0v) is 34.1. The number of amides is 1.